The molecule has 23 heavy (non-hydrogen) atoms. The van der Waals surface area contributed by atoms with Gasteiger partial charge in [-0.15, -0.1) is 0 Å². The second-order valence-corrected chi connectivity index (χ2v) is 6.43. The fraction of sp³-hybridized carbons (Fsp3) is 0.421. The molecule has 1 unspecified atom stereocenters. The number of aryl methyl sites for hydroxylation is 1. The molecule has 0 spiro atoms. The molecule has 1 heterocycles. The van der Waals surface area contributed by atoms with Gasteiger partial charge in [-0.25, -0.2) is 4.39 Å². The third kappa shape index (κ3) is 3.47. The van der Waals surface area contributed by atoms with Crippen molar-refractivity contribution in [3.05, 3.63) is 47.4 Å². The molecule has 2 aromatic rings. The Morgan fingerprint density at radius 1 is 1.30 bits per heavy atom. The van der Waals surface area contributed by atoms with E-state index in [9.17, 15) is 4.39 Å². The fourth-order valence-corrected chi connectivity index (χ4v) is 3.24. The molecule has 1 aliphatic carbocycles. The average Bonchev–Trinajstić information content (AvgIpc) is 3.36. The highest BCUT2D eigenvalue weighted by Crippen LogP contribution is 2.41. The Bertz CT molecular complexity index is 681. The van der Waals surface area contributed by atoms with Crippen molar-refractivity contribution in [3.63, 3.8) is 0 Å². The Labute approximate surface area is 138 Å². The van der Waals surface area contributed by atoms with Crippen LogP contribution in [0.2, 0.25) is 6.32 Å². The number of nitrogens with zero attached hydrogens (tertiary/aromatic N) is 1. The first kappa shape index (κ1) is 16.2. The lowest BCUT2D eigenvalue weighted by atomic mass is 9.64. The van der Waals surface area contributed by atoms with Crippen molar-refractivity contribution in [1.82, 2.24) is 4.98 Å². The van der Waals surface area contributed by atoms with Gasteiger partial charge in [0, 0.05) is 18.2 Å². The molecule has 0 bridgehead atoms. The van der Waals surface area contributed by atoms with E-state index in [1.165, 1.54) is 30.5 Å². The summed E-state index contributed by atoms with van der Waals surface area (Å²) in [7, 11) is 2.19. The monoisotopic (exact) mass is 309 g/mol. The number of aromatic nitrogens is 1. The van der Waals surface area contributed by atoms with Gasteiger partial charge < -0.3 is 5.73 Å². The summed E-state index contributed by atoms with van der Waals surface area (Å²) in [4.78, 5) is 4.95. The minimum absolute atomic E-state index is 0.222. The molecular formula is C19H23BFN2. The SMILES string of the molecule is CC[B]c1c(C)cc(C(CN)C2CC2)nc1-c1ccc(F)cc1. The van der Waals surface area contributed by atoms with Crippen molar-refractivity contribution < 1.29 is 4.39 Å². The third-order valence-electron chi connectivity index (χ3n) is 4.64. The summed E-state index contributed by atoms with van der Waals surface area (Å²) in [5, 5.41) is 0. The normalized spacial score (nSPS) is 15.5. The Hall–Kier alpha value is -1.68. The van der Waals surface area contributed by atoms with E-state index in [1.54, 1.807) is 0 Å². The highest BCUT2D eigenvalue weighted by Gasteiger charge is 2.32. The number of benzene rings is 1. The molecule has 0 aliphatic heterocycles. The first-order valence-electron chi connectivity index (χ1n) is 8.44. The Kier molecular flexibility index (Phi) is 4.81. The highest BCUT2D eigenvalue weighted by atomic mass is 19.1. The average molecular weight is 309 g/mol. The summed E-state index contributed by atoms with van der Waals surface area (Å²) in [6.07, 6.45) is 3.44. The van der Waals surface area contributed by atoms with Gasteiger partial charge in [0.1, 0.15) is 5.82 Å². The summed E-state index contributed by atoms with van der Waals surface area (Å²) >= 11 is 0. The van der Waals surface area contributed by atoms with E-state index in [1.807, 2.05) is 12.1 Å². The highest BCUT2D eigenvalue weighted by molar-refractivity contribution is 6.55. The second-order valence-electron chi connectivity index (χ2n) is 6.43. The van der Waals surface area contributed by atoms with Gasteiger partial charge in [0.05, 0.1) is 5.69 Å². The molecule has 0 saturated heterocycles. The predicted octanol–water partition coefficient (Wildman–Crippen LogP) is 3.42. The predicted molar refractivity (Wildman–Crippen MR) is 94.8 cm³/mol. The van der Waals surface area contributed by atoms with E-state index in [2.05, 4.69) is 27.2 Å². The zero-order valence-electron chi connectivity index (χ0n) is 13.8. The summed E-state index contributed by atoms with van der Waals surface area (Å²) in [5.74, 6) is 0.790. The summed E-state index contributed by atoms with van der Waals surface area (Å²) in [6, 6.07) is 8.79. The van der Waals surface area contributed by atoms with E-state index in [4.69, 9.17) is 10.7 Å². The molecule has 3 rings (SSSR count). The van der Waals surface area contributed by atoms with Crippen LogP contribution in [0.3, 0.4) is 0 Å². The molecule has 1 saturated carbocycles. The quantitative estimate of drug-likeness (QED) is 0.831. The smallest absolute Gasteiger partial charge is 0.154 e. The lowest BCUT2D eigenvalue weighted by Gasteiger charge is -2.19. The van der Waals surface area contributed by atoms with Crippen LogP contribution in [0.25, 0.3) is 11.3 Å². The lowest BCUT2D eigenvalue weighted by Crippen LogP contribution is -2.24. The van der Waals surface area contributed by atoms with Gasteiger partial charge in [-0.3, -0.25) is 4.98 Å². The number of hydrogen-bond acceptors (Lipinski definition) is 2. The Morgan fingerprint density at radius 2 is 2.00 bits per heavy atom. The van der Waals surface area contributed by atoms with E-state index in [0.29, 0.717) is 18.4 Å². The van der Waals surface area contributed by atoms with E-state index in [0.717, 1.165) is 28.7 Å². The van der Waals surface area contributed by atoms with E-state index in [-0.39, 0.29) is 5.82 Å². The molecule has 1 atom stereocenters. The molecule has 1 aromatic heterocycles. The van der Waals surface area contributed by atoms with Gasteiger partial charge in [-0.05, 0) is 61.6 Å². The van der Waals surface area contributed by atoms with E-state index >= 15 is 0 Å². The van der Waals surface area contributed by atoms with Crippen LogP contribution in [0.15, 0.2) is 30.3 Å². The molecule has 4 heteroatoms. The topological polar surface area (TPSA) is 38.9 Å². The maximum Gasteiger partial charge on any atom is 0.154 e. The molecule has 2 N–H and O–H groups in total. The lowest BCUT2D eigenvalue weighted by molar-refractivity contribution is 0.599. The number of nitrogens with two attached hydrogens (primary N) is 1. The van der Waals surface area contributed by atoms with Gasteiger partial charge in [0.2, 0.25) is 0 Å². The molecule has 119 valence electrons. The maximum atomic E-state index is 13.3. The van der Waals surface area contributed by atoms with Gasteiger partial charge >= 0.3 is 0 Å². The fourth-order valence-electron chi connectivity index (χ4n) is 3.24. The maximum absolute atomic E-state index is 13.3. The van der Waals surface area contributed by atoms with Crippen molar-refractivity contribution in [2.24, 2.45) is 11.7 Å². The first-order valence-corrected chi connectivity index (χ1v) is 8.44. The summed E-state index contributed by atoms with van der Waals surface area (Å²) in [5.41, 5.74) is 11.4. The van der Waals surface area contributed by atoms with E-state index < -0.39 is 0 Å². The number of rotatable bonds is 6. The number of hydrogen-bond donors (Lipinski definition) is 1. The van der Waals surface area contributed by atoms with Crippen LogP contribution in [-0.2, 0) is 0 Å². The molecule has 1 aliphatic rings. The van der Waals surface area contributed by atoms with Crippen molar-refractivity contribution in [2.75, 3.05) is 6.54 Å². The summed E-state index contributed by atoms with van der Waals surface area (Å²) < 4.78 is 13.3. The van der Waals surface area contributed by atoms with Crippen LogP contribution in [0, 0.1) is 18.7 Å². The van der Waals surface area contributed by atoms with Crippen LogP contribution in [0.1, 0.15) is 36.9 Å². The summed E-state index contributed by atoms with van der Waals surface area (Å²) in [6.45, 7) is 4.88. The molecule has 2 nitrogen and oxygen atoms in total. The zero-order valence-corrected chi connectivity index (χ0v) is 13.8. The minimum atomic E-state index is -0.222. The van der Waals surface area contributed by atoms with Crippen LogP contribution in [0.5, 0.6) is 0 Å². The zero-order chi connectivity index (χ0) is 16.4. The van der Waals surface area contributed by atoms with Crippen molar-refractivity contribution >= 4 is 12.7 Å². The molecule has 0 amide bonds. The van der Waals surface area contributed by atoms with Gasteiger partial charge in [-0.2, -0.15) is 0 Å². The van der Waals surface area contributed by atoms with Crippen LogP contribution < -0.4 is 11.2 Å². The third-order valence-corrected chi connectivity index (χ3v) is 4.64. The Morgan fingerprint density at radius 3 is 2.57 bits per heavy atom. The Balaban J connectivity index is 2.09. The van der Waals surface area contributed by atoms with Crippen molar-refractivity contribution in [3.8, 4) is 11.3 Å². The van der Waals surface area contributed by atoms with Crippen LogP contribution >= 0.6 is 0 Å². The van der Waals surface area contributed by atoms with Gasteiger partial charge in [0.15, 0.2) is 7.28 Å². The van der Waals surface area contributed by atoms with Gasteiger partial charge in [0.25, 0.3) is 0 Å². The van der Waals surface area contributed by atoms with Crippen molar-refractivity contribution in [1.29, 1.82) is 0 Å². The largest absolute Gasteiger partial charge is 0.330 e. The molecule has 1 aromatic carbocycles. The first-order chi connectivity index (χ1) is 11.1. The standard InChI is InChI=1S/C19H23BFN2/c1-3-20-18-12(2)10-17(16(11-22)13-4-5-13)23-19(18)14-6-8-15(21)9-7-14/h6-10,13,16H,3-5,11,22H2,1-2H3. The molecular weight excluding hydrogens is 286 g/mol. The number of pyridine rings is 1. The van der Waals surface area contributed by atoms with Crippen molar-refractivity contribution in [2.45, 2.75) is 38.9 Å². The minimum Gasteiger partial charge on any atom is -0.330 e. The number of halogens is 1. The van der Waals surface area contributed by atoms with Crippen LogP contribution in [0.4, 0.5) is 4.39 Å². The molecule has 1 fully saturated rings. The van der Waals surface area contributed by atoms with Gasteiger partial charge in [-0.1, -0.05) is 24.3 Å². The van der Waals surface area contributed by atoms with Crippen LogP contribution in [-0.4, -0.2) is 18.8 Å². The second kappa shape index (κ2) is 6.83. The molecule has 1 radical (unpaired) electrons.